The largest absolute Gasteiger partial charge is 0.497 e. The molecule has 0 fully saturated rings. The van der Waals surface area contributed by atoms with Gasteiger partial charge in [-0.15, -0.1) is 0 Å². The van der Waals surface area contributed by atoms with Gasteiger partial charge < -0.3 is 30.9 Å². The number of aliphatic hydroxyl groups is 1. The molecule has 4 atom stereocenters. The smallest absolute Gasteiger partial charge is 0.414 e. The molecule has 0 heterocycles. The number of Topliss-reactive ketones (excluding diaryl/α,β-unsaturated/α-hetero) is 1. The maximum atomic E-state index is 13.4. The lowest BCUT2D eigenvalue weighted by Gasteiger charge is -2.29. The van der Waals surface area contributed by atoms with Crippen molar-refractivity contribution in [3.8, 4) is 5.75 Å². The highest BCUT2D eigenvalue weighted by Gasteiger charge is 2.45. The number of alkyl halides is 3. The van der Waals surface area contributed by atoms with Gasteiger partial charge in [-0.25, -0.2) is 4.79 Å². The second-order valence-electron chi connectivity index (χ2n) is 11.8. The monoisotopic (exact) mass is 609 g/mol. The van der Waals surface area contributed by atoms with Crippen LogP contribution in [0, 0.1) is 11.8 Å². The average molecular weight is 610 g/mol. The summed E-state index contributed by atoms with van der Waals surface area (Å²) in [5.41, 5.74) is 7.38. The van der Waals surface area contributed by atoms with Crippen molar-refractivity contribution in [2.75, 3.05) is 7.11 Å². The topological polar surface area (TPSA) is 140 Å². The van der Waals surface area contributed by atoms with E-state index in [4.69, 9.17) is 15.2 Å². The maximum absolute atomic E-state index is 13.4. The van der Waals surface area contributed by atoms with Crippen molar-refractivity contribution < 1.29 is 42.1 Å². The van der Waals surface area contributed by atoms with Crippen LogP contribution in [-0.4, -0.2) is 53.9 Å². The van der Waals surface area contributed by atoms with Gasteiger partial charge in [0.1, 0.15) is 17.4 Å². The van der Waals surface area contributed by atoms with Crippen LogP contribution in [0.3, 0.4) is 0 Å². The standard InChI is InChI=1S/C31H42F3N3O6/c1-18(2)23(27(39)31(32,33)34)16-25(38)26(21-11-13-22(42-6)14-12-21)37-28(40)24(35)15-19-7-9-20(10-8-19)17-36-29(41)43-30(3,4)5/h7-14,18,23-24,26-27,39H,15-17,35H2,1-6H3,(H,36,41)(H,37,40)/t23-,24-,26-,27-/m0/s1. The Labute approximate surface area is 250 Å². The molecular weight excluding hydrogens is 567 g/mol. The SMILES string of the molecule is COc1ccc([C@H](NC(=O)[C@@H](N)Cc2ccc(CNC(=O)OC(C)(C)C)cc2)C(=O)C[C@@H](C(C)C)[C@H](O)C(F)(F)F)cc1. The van der Waals surface area contributed by atoms with Crippen molar-refractivity contribution in [1.82, 2.24) is 10.6 Å². The summed E-state index contributed by atoms with van der Waals surface area (Å²) in [6, 6.07) is 10.8. The van der Waals surface area contributed by atoms with E-state index in [0.717, 1.165) is 5.56 Å². The second-order valence-corrected chi connectivity index (χ2v) is 11.8. The van der Waals surface area contributed by atoms with E-state index in [9.17, 15) is 32.7 Å². The van der Waals surface area contributed by atoms with E-state index in [1.165, 1.54) is 33.1 Å². The number of carbonyl (C=O) groups is 3. The molecule has 2 aromatic carbocycles. The lowest BCUT2D eigenvalue weighted by Crippen LogP contribution is -2.46. The van der Waals surface area contributed by atoms with Crippen molar-refractivity contribution in [3.63, 3.8) is 0 Å². The highest BCUT2D eigenvalue weighted by molar-refractivity contribution is 5.92. The number of aliphatic hydroxyl groups excluding tert-OH is 1. The second kappa shape index (κ2) is 15.2. The molecule has 5 N–H and O–H groups in total. The average Bonchev–Trinajstić information content (AvgIpc) is 2.92. The number of ether oxygens (including phenoxy) is 2. The van der Waals surface area contributed by atoms with Gasteiger partial charge in [-0.3, -0.25) is 9.59 Å². The summed E-state index contributed by atoms with van der Waals surface area (Å²) in [7, 11) is 1.45. The Morgan fingerprint density at radius 1 is 0.953 bits per heavy atom. The molecule has 0 saturated carbocycles. The quantitative estimate of drug-likeness (QED) is 0.260. The molecule has 0 saturated heterocycles. The van der Waals surface area contributed by atoms with Gasteiger partial charge in [0.15, 0.2) is 11.9 Å². The third kappa shape index (κ3) is 11.5. The van der Waals surface area contributed by atoms with Crippen molar-refractivity contribution in [2.24, 2.45) is 17.6 Å². The lowest BCUT2D eigenvalue weighted by molar-refractivity contribution is -0.224. The number of benzene rings is 2. The summed E-state index contributed by atoms with van der Waals surface area (Å²) in [4.78, 5) is 38.4. The number of hydrogen-bond acceptors (Lipinski definition) is 7. The van der Waals surface area contributed by atoms with E-state index in [1.54, 1.807) is 57.2 Å². The summed E-state index contributed by atoms with van der Waals surface area (Å²) >= 11 is 0. The van der Waals surface area contributed by atoms with Crippen LogP contribution in [0.25, 0.3) is 0 Å². The molecule has 0 aliphatic heterocycles. The molecule has 0 radical (unpaired) electrons. The molecule has 0 spiro atoms. The molecule has 238 valence electrons. The molecule has 2 amide bonds. The number of ketones is 1. The van der Waals surface area contributed by atoms with E-state index in [0.29, 0.717) is 16.9 Å². The molecule has 2 rings (SSSR count). The Morgan fingerprint density at radius 3 is 2.00 bits per heavy atom. The van der Waals surface area contributed by atoms with Crippen LogP contribution in [0.2, 0.25) is 0 Å². The molecule has 12 heteroatoms. The fourth-order valence-corrected chi connectivity index (χ4v) is 4.33. The Balaban J connectivity index is 2.14. The Bertz CT molecular complexity index is 1210. The molecule has 0 aliphatic carbocycles. The van der Waals surface area contributed by atoms with Crippen LogP contribution < -0.4 is 21.1 Å². The van der Waals surface area contributed by atoms with E-state index in [1.807, 2.05) is 0 Å². The fourth-order valence-electron chi connectivity index (χ4n) is 4.33. The highest BCUT2D eigenvalue weighted by atomic mass is 19.4. The normalized spacial score (nSPS) is 14.8. The number of hydrogen-bond donors (Lipinski definition) is 4. The zero-order valence-corrected chi connectivity index (χ0v) is 25.3. The van der Waals surface area contributed by atoms with Crippen LogP contribution in [0.5, 0.6) is 5.75 Å². The van der Waals surface area contributed by atoms with Crippen molar-refractivity contribution in [2.45, 2.75) is 84.0 Å². The van der Waals surface area contributed by atoms with E-state index < -0.39 is 66.0 Å². The molecule has 9 nitrogen and oxygen atoms in total. The van der Waals surface area contributed by atoms with Crippen LogP contribution >= 0.6 is 0 Å². The highest BCUT2D eigenvalue weighted by Crippen LogP contribution is 2.33. The van der Waals surface area contributed by atoms with Gasteiger partial charge in [-0.1, -0.05) is 50.2 Å². The first-order valence-electron chi connectivity index (χ1n) is 13.9. The molecule has 2 aromatic rings. The summed E-state index contributed by atoms with van der Waals surface area (Å²) < 4.78 is 50.3. The van der Waals surface area contributed by atoms with Gasteiger partial charge in [0, 0.05) is 18.9 Å². The first-order valence-corrected chi connectivity index (χ1v) is 13.9. The number of amides is 2. The minimum atomic E-state index is -4.90. The number of nitrogens with two attached hydrogens (primary N) is 1. The Hall–Kier alpha value is -3.64. The summed E-state index contributed by atoms with van der Waals surface area (Å²) in [6.07, 6.45) is -8.67. The first kappa shape index (κ1) is 35.6. The van der Waals surface area contributed by atoms with E-state index in [-0.39, 0.29) is 13.0 Å². The lowest BCUT2D eigenvalue weighted by atomic mass is 9.83. The Morgan fingerprint density at radius 2 is 1.51 bits per heavy atom. The van der Waals surface area contributed by atoms with Crippen LogP contribution in [0.1, 0.15) is 63.8 Å². The van der Waals surface area contributed by atoms with Gasteiger partial charge >= 0.3 is 12.3 Å². The van der Waals surface area contributed by atoms with Crippen molar-refractivity contribution >= 4 is 17.8 Å². The minimum absolute atomic E-state index is 0.108. The predicted octanol–water partition coefficient (Wildman–Crippen LogP) is 4.60. The number of halogens is 3. The number of nitrogens with one attached hydrogen (secondary N) is 2. The number of methoxy groups -OCH3 is 1. The minimum Gasteiger partial charge on any atom is -0.497 e. The number of rotatable bonds is 13. The van der Waals surface area contributed by atoms with Crippen LogP contribution in [-0.2, 0) is 27.3 Å². The van der Waals surface area contributed by atoms with Crippen molar-refractivity contribution in [1.29, 1.82) is 0 Å². The molecule has 0 unspecified atom stereocenters. The van der Waals surface area contributed by atoms with Gasteiger partial charge in [-0.05, 0) is 61.9 Å². The van der Waals surface area contributed by atoms with E-state index in [2.05, 4.69) is 10.6 Å². The molecular formula is C31H42F3N3O6. The van der Waals surface area contributed by atoms with Crippen LogP contribution in [0.15, 0.2) is 48.5 Å². The van der Waals surface area contributed by atoms with Crippen molar-refractivity contribution in [3.05, 3.63) is 65.2 Å². The summed E-state index contributed by atoms with van der Waals surface area (Å²) in [5, 5.41) is 15.2. The third-order valence-corrected chi connectivity index (χ3v) is 6.74. The maximum Gasteiger partial charge on any atom is 0.414 e. The third-order valence-electron chi connectivity index (χ3n) is 6.74. The number of carbonyl (C=O) groups excluding carboxylic acids is 3. The van der Waals surface area contributed by atoms with Gasteiger partial charge in [0.05, 0.1) is 13.2 Å². The molecule has 0 aliphatic rings. The zero-order valence-electron chi connectivity index (χ0n) is 25.3. The molecule has 0 bridgehead atoms. The first-order chi connectivity index (χ1) is 19.9. The van der Waals surface area contributed by atoms with E-state index >= 15 is 0 Å². The van der Waals surface area contributed by atoms with Gasteiger partial charge in [-0.2, -0.15) is 13.2 Å². The van der Waals surface area contributed by atoms with Crippen LogP contribution in [0.4, 0.5) is 18.0 Å². The zero-order chi connectivity index (χ0) is 32.5. The Kier molecular flexibility index (Phi) is 12.6. The van der Waals surface area contributed by atoms with Gasteiger partial charge in [0.25, 0.3) is 0 Å². The summed E-state index contributed by atoms with van der Waals surface area (Å²) in [6.45, 7) is 8.49. The predicted molar refractivity (Wildman–Crippen MR) is 155 cm³/mol. The molecule has 43 heavy (non-hydrogen) atoms. The van der Waals surface area contributed by atoms with Gasteiger partial charge in [0.2, 0.25) is 5.91 Å². The molecule has 0 aromatic heterocycles. The fraction of sp³-hybridized carbons (Fsp3) is 0.516. The summed E-state index contributed by atoms with van der Waals surface area (Å²) in [5.74, 6) is -2.98. The number of alkyl carbamates (subject to hydrolysis) is 1.